The first-order valence-corrected chi connectivity index (χ1v) is 6.90. The molecule has 2 rings (SSSR count). The molecular formula is C17H18F2O2. The molecule has 1 atom stereocenters. The summed E-state index contributed by atoms with van der Waals surface area (Å²) in [5, 5.41) is 10.4. The van der Waals surface area contributed by atoms with Gasteiger partial charge in [0.15, 0.2) is 0 Å². The predicted octanol–water partition coefficient (Wildman–Crippen LogP) is 4.14. The first-order valence-electron chi connectivity index (χ1n) is 6.90. The molecule has 0 bridgehead atoms. The van der Waals surface area contributed by atoms with Crippen LogP contribution in [0.2, 0.25) is 0 Å². The van der Waals surface area contributed by atoms with Gasteiger partial charge in [0.2, 0.25) is 0 Å². The van der Waals surface area contributed by atoms with Crippen molar-refractivity contribution >= 4 is 0 Å². The van der Waals surface area contributed by atoms with Crippen LogP contribution in [0.25, 0.3) is 0 Å². The highest BCUT2D eigenvalue weighted by Gasteiger charge is 2.20. The summed E-state index contributed by atoms with van der Waals surface area (Å²) in [6.07, 6.45) is -0.369. The van der Waals surface area contributed by atoms with Crippen molar-refractivity contribution in [3.05, 3.63) is 64.7 Å². The summed E-state index contributed by atoms with van der Waals surface area (Å²) in [6.45, 7) is 4.02. The van der Waals surface area contributed by atoms with Crippen molar-refractivity contribution < 1.29 is 18.6 Å². The predicted molar refractivity (Wildman–Crippen MR) is 77.4 cm³/mol. The summed E-state index contributed by atoms with van der Waals surface area (Å²) in [5.41, 5.74) is 0.801. The molecule has 2 nitrogen and oxygen atoms in total. The van der Waals surface area contributed by atoms with Crippen molar-refractivity contribution in [3.8, 4) is 5.75 Å². The van der Waals surface area contributed by atoms with E-state index in [1.165, 1.54) is 13.0 Å². The quantitative estimate of drug-likeness (QED) is 0.897. The highest BCUT2D eigenvalue weighted by molar-refractivity contribution is 5.41. The zero-order valence-electron chi connectivity index (χ0n) is 12.1. The molecule has 0 aromatic heterocycles. The summed E-state index contributed by atoms with van der Waals surface area (Å²) in [5.74, 6) is -0.886. The Bertz CT molecular complexity index is 626. The van der Waals surface area contributed by atoms with Crippen LogP contribution < -0.4 is 4.74 Å². The number of aliphatic hydroxyl groups excluding tert-OH is 1. The first-order chi connectivity index (χ1) is 10.0. The Morgan fingerprint density at radius 1 is 1.10 bits per heavy atom. The Balaban J connectivity index is 2.40. The van der Waals surface area contributed by atoms with Crippen LogP contribution >= 0.6 is 0 Å². The Morgan fingerprint density at radius 3 is 2.52 bits per heavy atom. The Labute approximate surface area is 123 Å². The third kappa shape index (κ3) is 3.39. The molecule has 2 aromatic carbocycles. The van der Waals surface area contributed by atoms with Crippen LogP contribution in [-0.2, 0) is 0 Å². The van der Waals surface area contributed by atoms with Gasteiger partial charge in [0.05, 0.1) is 6.61 Å². The summed E-state index contributed by atoms with van der Waals surface area (Å²) >= 11 is 0. The number of aliphatic hydroxyl groups is 1. The largest absolute Gasteiger partial charge is 0.493 e. The van der Waals surface area contributed by atoms with E-state index in [2.05, 4.69) is 0 Å². The van der Waals surface area contributed by atoms with Gasteiger partial charge >= 0.3 is 0 Å². The fraction of sp³-hybridized carbons (Fsp3) is 0.294. The van der Waals surface area contributed by atoms with E-state index >= 15 is 0 Å². The zero-order chi connectivity index (χ0) is 15.4. The van der Waals surface area contributed by atoms with Crippen molar-refractivity contribution in [3.63, 3.8) is 0 Å². The van der Waals surface area contributed by atoms with E-state index < -0.39 is 17.7 Å². The summed E-state index contributed by atoms with van der Waals surface area (Å²) < 4.78 is 32.8. The van der Waals surface area contributed by atoms with Gasteiger partial charge in [-0.25, -0.2) is 8.78 Å². The molecule has 112 valence electrons. The van der Waals surface area contributed by atoms with Crippen molar-refractivity contribution in [2.24, 2.45) is 0 Å². The van der Waals surface area contributed by atoms with Crippen molar-refractivity contribution in [2.75, 3.05) is 6.61 Å². The molecule has 0 saturated heterocycles. The first kappa shape index (κ1) is 15.4. The van der Waals surface area contributed by atoms with Gasteiger partial charge in [0.25, 0.3) is 0 Å². The number of para-hydroxylation sites is 1. The van der Waals surface area contributed by atoms with Crippen LogP contribution in [0.1, 0.15) is 36.1 Å². The molecule has 0 heterocycles. The maximum atomic E-state index is 13.9. The lowest BCUT2D eigenvalue weighted by molar-refractivity contribution is 0.205. The van der Waals surface area contributed by atoms with Crippen LogP contribution in [0.15, 0.2) is 36.4 Å². The lowest BCUT2D eigenvalue weighted by Crippen LogP contribution is -2.07. The standard InChI is InChI=1S/C17H18F2O2/c1-3-8-21-16-7-5-4-6-12(16)17(20)13-9-11(2)14(18)10-15(13)19/h4-7,9-10,17,20H,3,8H2,1-2H3. The van der Waals surface area contributed by atoms with E-state index in [9.17, 15) is 13.9 Å². The second-order valence-corrected chi connectivity index (χ2v) is 4.91. The molecule has 0 fully saturated rings. The maximum absolute atomic E-state index is 13.9. The average molecular weight is 292 g/mol. The van der Waals surface area contributed by atoms with E-state index in [0.717, 1.165) is 12.5 Å². The number of aryl methyl sites for hydroxylation is 1. The van der Waals surface area contributed by atoms with Gasteiger partial charge in [0, 0.05) is 17.2 Å². The molecule has 21 heavy (non-hydrogen) atoms. The van der Waals surface area contributed by atoms with Gasteiger partial charge < -0.3 is 9.84 Å². The molecule has 0 spiro atoms. The minimum Gasteiger partial charge on any atom is -0.493 e. The molecule has 1 unspecified atom stereocenters. The van der Waals surface area contributed by atoms with Gasteiger partial charge in [-0.3, -0.25) is 0 Å². The minimum atomic E-state index is -1.20. The lowest BCUT2D eigenvalue weighted by Gasteiger charge is -2.17. The lowest BCUT2D eigenvalue weighted by atomic mass is 9.98. The monoisotopic (exact) mass is 292 g/mol. The van der Waals surface area contributed by atoms with E-state index in [0.29, 0.717) is 17.9 Å². The molecular weight excluding hydrogens is 274 g/mol. The van der Waals surface area contributed by atoms with Gasteiger partial charge in [-0.2, -0.15) is 0 Å². The molecule has 4 heteroatoms. The zero-order valence-corrected chi connectivity index (χ0v) is 12.1. The summed E-state index contributed by atoms with van der Waals surface area (Å²) in [6, 6.07) is 9.05. The average Bonchev–Trinajstić information content (AvgIpc) is 2.48. The normalized spacial score (nSPS) is 12.2. The topological polar surface area (TPSA) is 29.5 Å². The van der Waals surface area contributed by atoms with Gasteiger partial charge in [0.1, 0.15) is 23.5 Å². The number of halogens is 2. The minimum absolute atomic E-state index is 0.0430. The highest BCUT2D eigenvalue weighted by atomic mass is 19.1. The molecule has 0 amide bonds. The van der Waals surface area contributed by atoms with E-state index in [4.69, 9.17) is 4.74 Å². The molecule has 2 aromatic rings. The fourth-order valence-electron chi connectivity index (χ4n) is 2.11. The number of hydrogen-bond acceptors (Lipinski definition) is 2. The third-order valence-electron chi connectivity index (χ3n) is 3.25. The summed E-state index contributed by atoms with van der Waals surface area (Å²) in [7, 11) is 0. The Hall–Kier alpha value is -1.94. The van der Waals surface area contributed by atoms with Crippen molar-refractivity contribution in [2.45, 2.75) is 26.4 Å². The Morgan fingerprint density at radius 2 is 1.81 bits per heavy atom. The van der Waals surface area contributed by atoms with E-state index in [-0.39, 0.29) is 11.1 Å². The molecule has 0 saturated carbocycles. The summed E-state index contributed by atoms with van der Waals surface area (Å²) in [4.78, 5) is 0. The third-order valence-corrected chi connectivity index (χ3v) is 3.25. The highest BCUT2D eigenvalue weighted by Crippen LogP contribution is 2.32. The van der Waals surface area contributed by atoms with Crippen LogP contribution in [0.4, 0.5) is 8.78 Å². The molecule has 0 aliphatic heterocycles. The number of rotatable bonds is 5. The SMILES string of the molecule is CCCOc1ccccc1C(O)c1cc(C)c(F)cc1F. The van der Waals surface area contributed by atoms with E-state index in [1.54, 1.807) is 24.3 Å². The molecule has 1 N–H and O–H groups in total. The number of ether oxygens (including phenoxy) is 1. The van der Waals surface area contributed by atoms with Gasteiger partial charge in [-0.1, -0.05) is 25.1 Å². The fourth-order valence-corrected chi connectivity index (χ4v) is 2.11. The second kappa shape index (κ2) is 6.68. The van der Waals surface area contributed by atoms with Crippen molar-refractivity contribution in [1.82, 2.24) is 0 Å². The van der Waals surface area contributed by atoms with Gasteiger partial charge in [-0.15, -0.1) is 0 Å². The maximum Gasteiger partial charge on any atom is 0.132 e. The van der Waals surface area contributed by atoms with E-state index in [1.807, 2.05) is 6.92 Å². The van der Waals surface area contributed by atoms with Crippen LogP contribution in [0.5, 0.6) is 5.75 Å². The molecule has 0 aliphatic carbocycles. The number of benzene rings is 2. The van der Waals surface area contributed by atoms with Crippen LogP contribution in [-0.4, -0.2) is 11.7 Å². The second-order valence-electron chi connectivity index (χ2n) is 4.91. The smallest absolute Gasteiger partial charge is 0.132 e. The molecule has 0 aliphatic rings. The number of hydrogen-bond donors (Lipinski definition) is 1. The van der Waals surface area contributed by atoms with Crippen LogP contribution in [0.3, 0.4) is 0 Å². The van der Waals surface area contributed by atoms with Crippen LogP contribution in [0, 0.1) is 18.6 Å². The van der Waals surface area contributed by atoms with Gasteiger partial charge in [-0.05, 0) is 31.0 Å². The molecule has 0 radical (unpaired) electrons. The Kier molecular flexibility index (Phi) is 4.91. The van der Waals surface area contributed by atoms with Crippen molar-refractivity contribution in [1.29, 1.82) is 0 Å².